The largest absolute Gasteiger partial charge is 0.313 e. The van der Waals surface area contributed by atoms with Crippen molar-refractivity contribution in [3.8, 4) is 0 Å². The van der Waals surface area contributed by atoms with Gasteiger partial charge in [0.05, 0.1) is 0 Å². The summed E-state index contributed by atoms with van der Waals surface area (Å²) in [7, 11) is 2.14. The van der Waals surface area contributed by atoms with Crippen LogP contribution in [0.5, 0.6) is 0 Å². The van der Waals surface area contributed by atoms with Crippen LogP contribution in [-0.2, 0) is 0 Å². The molecule has 0 aliphatic heterocycles. The third-order valence-corrected chi connectivity index (χ3v) is 5.39. The van der Waals surface area contributed by atoms with Gasteiger partial charge in [-0.15, -0.1) is 0 Å². The quantitative estimate of drug-likeness (QED) is 0.646. The summed E-state index contributed by atoms with van der Waals surface area (Å²) >= 11 is 0. The first-order chi connectivity index (χ1) is 7.23. The highest BCUT2D eigenvalue weighted by Gasteiger charge is 2.58. The van der Waals surface area contributed by atoms with Gasteiger partial charge < -0.3 is 5.32 Å². The summed E-state index contributed by atoms with van der Waals surface area (Å²) in [6.07, 6.45) is 15.2. The zero-order chi connectivity index (χ0) is 10.5. The Hall–Kier alpha value is -0.560. The standard InChI is InChI=1S/C14H21N/c1-13(15-2)11-5-7-12(8-6-11)14(13)9-3-4-10-14/h3,5,7,9,11-12,15H,4,6,8,10H2,1-2H3. The minimum Gasteiger partial charge on any atom is -0.313 e. The first kappa shape index (κ1) is 9.65. The van der Waals surface area contributed by atoms with E-state index in [-0.39, 0.29) is 5.54 Å². The molecule has 4 aliphatic rings. The Morgan fingerprint density at radius 2 is 1.93 bits per heavy atom. The smallest absolute Gasteiger partial charge is 0.0309 e. The van der Waals surface area contributed by atoms with Crippen molar-refractivity contribution in [3.63, 3.8) is 0 Å². The summed E-state index contributed by atoms with van der Waals surface area (Å²) in [5.74, 6) is 1.51. The van der Waals surface area contributed by atoms with Crippen LogP contribution in [0.15, 0.2) is 24.3 Å². The van der Waals surface area contributed by atoms with Gasteiger partial charge in [-0.05, 0) is 51.5 Å². The number of nitrogens with one attached hydrogen (secondary N) is 1. The van der Waals surface area contributed by atoms with Crippen molar-refractivity contribution in [1.29, 1.82) is 0 Å². The van der Waals surface area contributed by atoms with E-state index in [9.17, 15) is 0 Å². The Bertz CT molecular complexity index is 330. The first-order valence-electron chi connectivity index (χ1n) is 6.28. The predicted molar refractivity (Wildman–Crippen MR) is 63.6 cm³/mol. The Labute approximate surface area is 92.6 Å². The molecule has 0 amide bonds. The average molecular weight is 203 g/mol. The van der Waals surface area contributed by atoms with E-state index < -0.39 is 0 Å². The van der Waals surface area contributed by atoms with Gasteiger partial charge in [0.15, 0.2) is 0 Å². The zero-order valence-electron chi connectivity index (χ0n) is 9.79. The second-order valence-corrected chi connectivity index (χ2v) is 5.61. The molecule has 2 bridgehead atoms. The van der Waals surface area contributed by atoms with Gasteiger partial charge >= 0.3 is 0 Å². The van der Waals surface area contributed by atoms with Gasteiger partial charge in [-0.1, -0.05) is 24.3 Å². The molecule has 0 saturated heterocycles. The molecule has 0 aromatic rings. The number of hydrogen-bond donors (Lipinski definition) is 1. The lowest BCUT2D eigenvalue weighted by atomic mass is 9.49. The van der Waals surface area contributed by atoms with E-state index in [0.717, 1.165) is 11.8 Å². The molecule has 4 aliphatic carbocycles. The third-order valence-electron chi connectivity index (χ3n) is 5.39. The summed E-state index contributed by atoms with van der Waals surface area (Å²) in [6, 6.07) is 0. The highest BCUT2D eigenvalue weighted by molar-refractivity contribution is 5.31. The van der Waals surface area contributed by atoms with Crippen LogP contribution in [0, 0.1) is 17.3 Å². The maximum Gasteiger partial charge on any atom is 0.0309 e. The first-order valence-corrected chi connectivity index (χ1v) is 6.28. The van der Waals surface area contributed by atoms with Crippen LogP contribution >= 0.6 is 0 Å². The van der Waals surface area contributed by atoms with Gasteiger partial charge in [-0.3, -0.25) is 0 Å². The Balaban J connectivity index is 2.12. The molecule has 1 saturated carbocycles. The minimum atomic E-state index is 0.289. The Kier molecular flexibility index (Phi) is 1.91. The van der Waals surface area contributed by atoms with Crippen molar-refractivity contribution < 1.29 is 0 Å². The van der Waals surface area contributed by atoms with Crippen LogP contribution in [0.4, 0.5) is 0 Å². The molecule has 0 aromatic heterocycles. The molecule has 15 heavy (non-hydrogen) atoms. The molecule has 1 N–H and O–H groups in total. The average Bonchev–Trinajstić information content (AvgIpc) is 2.77. The second kappa shape index (κ2) is 2.98. The molecular weight excluding hydrogens is 182 g/mol. The summed E-state index contributed by atoms with van der Waals surface area (Å²) in [4.78, 5) is 0. The Morgan fingerprint density at radius 1 is 1.20 bits per heavy atom. The van der Waals surface area contributed by atoms with E-state index in [1.807, 2.05) is 0 Å². The Morgan fingerprint density at radius 3 is 2.47 bits per heavy atom. The molecule has 0 aromatic carbocycles. The molecule has 0 radical (unpaired) electrons. The van der Waals surface area contributed by atoms with Crippen LogP contribution in [0.25, 0.3) is 0 Å². The van der Waals surface area contributed by atoms with Crippen LogP contribution in [0.2, 0.25) is 0 Å². The predicted octanol–water partition coefficient (Wildman–Crippen LogP) is 2.90. The fourth-order valence-electron chi connectivity index (χ4n) is 4.32. The van der Waals surface area contributed by atoms with Crippen LogP contribution in [0.1, 0.15) is 32.6 Å². The molecule has 1 fully saturated rings. The molecule has 82 valence electrons. The summed E-state index contributed by atoms with van der Waals surface area (Å²) in [5.41, 5.74) is 0.705. The molecule has 1 spiro atoms. The third kappa shape index (κ3) is 0.977. The number of hydrogen-bond acceptors (Lipinski definition) is 1. The van der Waals surface area contributed by atoms with Crippen LogP contribution < -0.4 is 5.32 Å². The van der Waals surface area contributed by atoms with Gasteiger partial charge in [0.2, 0.25) is 0 Å². The number of allylic oxidation sites excluding steroid dienone is 2. The maximum atomic E-state index is 3.64. The molecule has 4 unspecified atom stereocenters. The summed E-state index contributed by atoms with van der Waals surface area (Å²) in [6.45, 7) is 2.43. The second-order valence-electron chi connectivity index (χ2n) is 5.61. The molecule has 0 heterocycles. The van der Waals surface area contributed by atoms with Crippen molar-refractivity contribution in [3.05, 3.63) is 24.3 Å². The molecule has 4 rings (SSSR count). The highest BCUT2D eigenvalue weighted by Crippen LogP contribution is 2.59. The monoisotopic (exact) mass is 203 g/mol. The summed E-state index contributed by atoms with van der Waals surface area (Å²) < 4.78 is 0. The fraction of sp³-hybridized carbons (Fsp3) is 0.714. The SMILES string of the molecule is CNC1(C)C2C=CC(CC2)C12C=CCC2. The zero-order valence-corrected chi connectivity index (χ0v) is 9.79. The van der Waals surface area contributed by atoms with E-state index in [2.05, 4.69) is 43.6 Å². The van der Waals surface area contributed by atoms with Crippen molar-refractivity contribution in [1.82, 2.24) is 5.32 Å². The highest BCUT2D eigenvalue weighted by atomic mass is 15.0. The van der Waals surface area contributed by atoms with Crippen molar-refractivity contribution in [2.45, 2.75) is 38.1 Å². The molecule has 1 nitrogen and oxygen atoms in total. The number of rotatable bonds is 1. The lowest BCUT2D eigenvalue weighted by molar-refractivity contribution is 0.00879. The lowest BCUT2D eigenvalue weighted by Gasteiger charge is -2.59. The van der Waals surface area contributed by atoms with Crippen molar-refractivity contribution >= 4 is 0 Å². The van der Waals surface area contributed by atoms with Gasteiger partial charge in [-0.25, -0.2) is 0 Å². The topological polar surface area (TPSA) is 12.0 Å². The molecule has 1 heteroatoms. The van der Waals surface area contributed by atoms with Gasteiger partial charge in [-0.2, -0.15) is 0 Å². The fourth-order valence-corrected chi connectivity index (χ4v) is 4.32. The molecule has 4 atom stereocenters. The van der Waals surface area contributed by atoms with Crippen LogP contribution in [-0.4, -0.2) is 12.6 Å². The maximum absolute atomic E-state index is 3.64. The normalized spacial score (nSPS) is 51.9. The van der Waals surface area contributed by atoms with Crippen molar-refractivity contribution in [2.24, 2.45) is 17.3 Å². The van der Waals surface area contributed by atoms with Crippen LogP contribution in [0.3, 0.4) is 0 Å². The molecular formula is C14H21N. The van der Waals surface area contributed by atoms with E-state index in [1.165, 1.54) is 25.7 Å². The lowest BCUT2D eigenvalue weighted by Crippen LogP contribution is -2.64. The van der Waals surface area contributed by atoms with E-state index in [1.54, 1.807) is 0 Å². The minimum absolute atomic E-state index is 0.289. The van der Waals surface area contributed by atoms with E-state index >= 15 is 0 Å². The van der Waals surface area contributed by atoms with Gasteiger partial charge in [0.25, 0.3) is 0 Å². The van der Waals surface area contributed by atoms with Gasteiger partial charge in [0, 0.05) is 11.0 Å². The van der Waals surface area contributed by atoms with E-state index in [0.29, 0.717) is 5.41 Å². The number of fused-ring (bicyclic) bond motifs is 1. The van der Waals surface area contributed by atoms with E-state index in [4.69, 9.17) is 0 Å². The van der Waals surface area contributed by atoms with Gasteiger partial charge in [0.1, 0.15) is 0 Å². The summed E-state index contributed by atoms with van der Waals surface area (Å²) in [5, 5.41) is 3.64. The van der Waals surface area contributed by atoms with Crippen molar-refractivity contribution in [2.75, 3.05) is 7.05 Å².